The second-order valence-electron chi connectivity index (χ2n) is 5.47. The molecule has 2 aromatic rings. The minimum Gasteiger partial charge on any atom is -0.493 e. The van der Waals surface area contributed by atoms with Gasteiger partial charge in [-0.15, -0.1) is 0 Å². The van der Waals surface area contributed by atoms with Gasteiger partial charge >= 0.3 is 0 Å². The average Bonchev–Trinajstić information content (AvgIpc) is 2.64. The van der Waals surface area contributed by atoms with Crippen molar-refractivity contribution < 1.29 is 18.7 Å². The summed E-state index contributed by atoms with van der Waals surface area (Å²) in [5, 5.41) is 2.83. The molecule has 1 amide bonds. The topological polar surface area (TPSA) is 47.6 Å². The minimum atomic E-state index is -0.295. The molecule has 0 radical (unpaired) electrons. The molecule has 2 aromatic carbocycles. The van der Waals surface area contributed by atoms with E-state index in [1.807, 2.05) is 18.2 Å². The van der Waals surface area contributed by atoms with Gasteiger partial charge in [0.15, 0.2) is 11.5 Å². The molecule has 2 rings (SSSR count). The van der Waals surface area contributed by atoms with E-state index in [1.54, 1.807) is 32.4 Å². The van der Waals surface area contributed by atoms with E-state index in [0.29, 0.717) is 18.0 Å². The lowest BCUT2D eigenvalue weighted by Gasteiger charge is -2.09. The Hall–Kier alpha value is -2.82. The minimum absolute atomic E-state index is 0.170. The number of methoxy groups -OCH3 is 2. The van der Waals surface area contributed by atoms with E-state index in [2.05, 4.69) is 5.32 Å². The van der Waals surface area contributed by atoms with E-state index in [9.17, 15) is 9.18 Å². The number of amides is 1. The third kappa shape index (κ3) is 5.95. The van der Waals surface area contributed by atoms with Gasteiger partial charge in [0, 0.05) is 12.6 Å². The van der Waals surface area contributed by atoms with Crippen molar-refractivity contribution >= 4 is 12.0 Å². The van der Waals surface area contributed by atoms with Crippen LogP contribution in [0.5, 0.6) is 11.5 Å². The van der Waals surface area contributed by atoms with Crippen molar-refractivity contribution in [3.05, 3.63) is 65.5 Å². The molecule has 0 saturated carbocycles. The molecular weight excluding hydrogens is 321 g/mol. The fourth-order valence-corrected chi connectivity index (χ4v) is 2.34. The molecule has 5 heteroatoms. The Morgan fingerprint density at radius 1 is 1.08 bits per heavy atom. The molecule has 0 aromatic heterocycles. The summed E-state index contributed by atoms with van der Waals surface area (Å²) in [7, 11) is 3.21. The van der Waals surface area contributed by atoms with E-state index in [4.69, 9.17) is 9.47 Å². The third-order valence-electron chi connectivity index (χ3n) is 3.69. The zero-order valence-corrected chi connectivity index (χ0v) is 14.4. The molecule has 0 aliphatic rings. The van der Waals surface area contributed by atoms with Crippen LogP contribution >= 0.6 is 0 Å². The fourth-order valence-electron chi connectivity index (χ4n) is 2.34. The van der Waals surface area contributed by atoms with Crippen molar-refractivity contribution in [3.8, 4) is 11.5 Å². The van der Waals surface area contributed by atoms with Crippen LogP contribution in [0.2, 0.25) is 0 Å². The highest BCUT2D eigenvalue weighted by Gasteiger charge is 2.04. The first-order valence-corrected chi connectivity index (χ1v) is 8.05. The lowest BCUT2D eigenvalue weighted by molar-refractivity contribution is -0.116. The number of carbonyl (C=O) groups is 1. The standard InChI is InChI=1S/C20H22FNO3/c1-24-18-11-7-16(14-19(18)25-2)4-3-13-22-20(23)12-8-15-5-9-17(21)10-6-15/h5-12,14H,3-4,13H2,1-2H3,(H,22,23)/b12-8+. The monoisotopic (exact) mass is 343 g/mol. The van der Waals surface area contributed by atoms with Crippen molar-refractivity contribution in [2.45, 2.75) is 12.8 Å². The van der Waals surface area contributed by atoms with Crippen LogP contribution in [0.3, 0.4) is 0 Å². The zero-order chi connectivity index (χ0) is 18.1. The van der Waals surface area contributed by atoms with Crippen molar-refractivity contribution in [1.29, 1.82) is 0 Å². The van der Waals surface area contributed by atoms with Crippen LogP contribution in [0.4, 0.5) is 4.39 Å². The largest absolute Gasteiger partial charge is 0.493 e. The molecular formula is C20H22FNO3. The molecule has 0 fully saturated rings. The highest BCUT2D eigenvalue weighted by Crippen LogP contribution is 2.27. The second kappa shape index (κ2) is 9.47. The lowest BCUT2D eigenvalue weighted by atomic mass is 10.1. The summed E-state index contributed by atoms with van der Waals surface area (Å²) in [4.78, 5) is 11.8. The van der Waals surface area contributed by atoms with Crippen molar-refractivity contribution in [1.82, 2.24) is 5.32 Å². The predicted octanol–water partition coefficient (Wildman–Crippen LogP) is 3.61. The Bertz CT molecular complexity index is 726. The van der Waals surface area contributed by atoms with Gasteiger partial charge in [0.1, 0.15) is 5.82 Å². The number of nitrogens with one attached hydrogen (secondary N) is 1. The first kappa shape index (κ1) is 18.5. The van der Waals surface area contributed by atoms with Crippen LogP contribution in [0.25, 0.3) is 6.08 Å². The van der Waals surface area contributed by atoms with E-state index in [0.717, 1.165) is 24.0 Å². The Balaban J connectivity index is 1.75. The fraction of sp³-hybridized carbons (Fsp3) is 0.250. The van der Waals surface area contributed by atoms with Crippen LogP contribution in [-0.2, 0) is 11.2 Å². The smallest absolute Gasteiger partial charge is 0.243 e. The molecule has 1 N–H and O–H groups in total. The van der Waals surface area contributed by atoms with Crippen LogP contribution in [-0.4, -0.2) is 26.7 Å². The van der Waals surface area contributed by atoms with Gasteiger partial charge in [0.25, 0.3) is 0 Å². The summed E-state index contributed by atoms with van der Waals surface area (Å²) >= 11 is 0. The quantitative estimate of drug-likeness (QED) is 0.588. The van der Waals surface area contributed by atoms with Gasteiger partial charge in [-0.05, 0) is 54.3 Å². The number of rotatable bonds is 8. The number of hydrogen-bond donors (Lipinski definition) is 1. The molecule has 0 saturated heterocycles. The lowest BCUT2D eigenvalue weighted by Crippen LogP contribution is -2.22. The molecule has 0 bridgehead atoms. The summed E-state index contributed by atoms with van der Waals surface area (Å²) in [6, 6.07) is 11.8. The van der Waals surface area contributed by atoms with E-state index in [1.165, 1.54) is 18.2 Å². The van der Waals surface area contributed by atoms with E-state index in [-0.39, 0.29) is 11.7 Å². The maximum atomic E-state index is 12.8. The van der Waals surface area contributed by atoms with E-state index >= 15 is 0 Å². The third-order valence-corrected chi connectivity index (χ3v) is 3.69. The number of hydrogen-bond acceptors (Lipinski definition) is 3. The Morgan fingerprint density at radius 2 is 1.80 bits per heavy atom. The maximum absolute atomic E-state index is 12.8. The predicted molar refractivity (Wildman–Crippen MR) is 96.3 cm³/mol. The van der Waals surface area contributed by atoms with Crippen LogP contribution in [0.15, 0.2) is 48.5 Å². The van der Waals surface area contributed by atoms with Gasteiger partial charge in [0.05, 0.1) is 14.2 Å². The van der Waals surface area contributed by atoms with Gasteiger partial charge in [-0.3, -0.25) is 4.79 Å². The summed E-state index contributed by atoms with van der Waals surface area (Å²) in [5.41, 5.74) is 1.90. The second-order valence-corrected chi connectivity index (χ2v) is 5.47. The molecule has 0 unspecified atom stereocenters. The molecule has 0 aliphatic heterocycles. The molecule has 0 heterocycles. The summed E-state index contributed by atoms with van der Waals surface area (Å²) in [6.45, 7) is 0.570. The van der Waals surface area contributed by atoms with Gasteiger partial charge in [-0.1, -0.05) is 18.2 Å². The molecule has 0 aliphatic carbocycles. The molecule has 4 nitrogen and oxygen atoms in total. The highest BCUT2D eigenvalue weighted by atomic mass is 19.1. The first-order valence-electron chi connectivity index (χ1n) is 8.05. The molecule has 0 atom stereocenters. The van der Waals surface area contributed by atoms with Crippen LogP contribution in [0.1, 0.15) is 17.5 Å². The SMILES string of the molecule is COc1ccc(CCCNC(=O)/C=C/c2ccc(F)cc2)cc1OC. The van der Waals surface area contributed by atoms with Gasteiger partial charge < -0.3 is 14.8 Å². The van der Waals surface area contributed by atoms with Crippen molar-refractivity contribution in [3.63, 3.8) is 0 Å². The molecule has 132 valence electrons. The summed E-state index contributed by atoms with van der Waals surface area (Å²) in [6.07, 6.45) is 4.74. The number of carbonyl (C=O) groups excluding carboxylic acids is 1. The molecule has 0 spiro atoms. The van der Waals surface area contributed by atoms with Gasteiger partial charge in [0.2, 0.25) is 5.91 Å². The Morgan fingerprint density at radius 3 is 2.48 bits per heavy atom. The molecule has 25 heavy (non-hydrogen) atoms. The number of benzene rings is 2. The Kier molecular flexibility index (Phi) is 7.01. The summed E-state index contributed by atoms with van der Waals surface area (Å²) < 4.78 is 23.3. The van der Waals surface area contributed by atoms with Crippen molar-refractivity contribution in [2.75, 3.05) is 20.8 Å². The highest BCUT2D eigenvalue weighted by molar-refractivity contribution is 5.91. The van der Waals surface area contributed by atoms with Crippen molar-refractivity contribution in [2.24, 2.45) is 0 Å². The first-order chi connectivity index (χ1) is 12.1. The summed E-state index contributed by atoms with van der Waals surface area (Å²) in [5.74, 6) is 0.935. The van der Waals surface area contributed by atoms with Crippen LogP contribution in [0, 0.1) is 5.82 Å². The van der Waals surface area contributed by atoms with Gasteiger partial charge in [-0.25, -0.2) is 4.39 Å². The number of halogens is 1. The van der Waals surface area contributed by atoms with Gasteiger partial charge in [-0.2, -0.15) is 0 Å². The number of aryl methyl sites for hydroxylation is 1. The Labute approximate surface area is 147 Å². The average molecular weight is 343 g/mol. The van der Waals surface area contributed by atoms with E-state index < -0.39 is 0 Å². The maximum Gasteiger partial charge on any atom is 0.243 e. The zero-order valence-electron chi connectivity index (χ0n) is 14.4. The van der Waals surface area contributed by atoms with Crippen LogP contribution < -0.4 is 14.8 Å². The number of ether oxygens (including phenoxy) is 2. The normalized spacial score (nSPS) is 10.7.